The maximum atomic E-state index is 11.2. The van der Waals surface area contributed by atoms with Gasteiger partial charge in [0.1, 0.15) is 5.75 Å². The minimum atomic E-state index is -3.27. The summed E-state index contributed by atoms with van der Waals surface area (Å²) >= 11 is 0. The van der Waals surface area contributed by atoms with Gasteiger partial charge in [-0.3, -0.25) is 4.72 Å². The molecule has 1 unspecified atom stereocenters. The molecule has 0 saturated carbocycles. The minimum absolute atomic E-state index is 0. The first-order valence-corrected chi connectivity index (χ1v) is 10.1. The van der Waals surface area contributed by atoms with Crippen LogP contribution in [0.3, 0.4) is 0 Å². The maximum absolute atomic E-state index is 11.2. The van der Waals surface area contributed by atoms with Crippen molar-refractivity contribution in [3.63, 3.8) is 0 Å². The molecule has 0 saturated heterocycles. The number of fused-ring (bicyclic) bond motifs is 1. The zero-order chi connectivity index (χ0) is 18.6. The Kier molecular flexibility index (Phi) is 7.31. The van der Waals surface area contributed by atoms with Crippen LogP contribution in [0.5, 0.6) is 5.75 Å². The van der Waals surface area contributed by atoms with Gasteiger partial charge < -0.3 is 15.8 Å². The number of halogens is 1. The summed E-state index contributed by atoms with van der Waals surface area (Å²) in [5.41, 5.74) is 8.56. The van der Waals surface area contributed by atoms with Crippen molar-refractivity contribution in [3.05, 3.63) is 59.7 Å². The lowest BCUT2D eigenvalue weighted by Gasteiger charge is -2.26. The highest BCUT2D eigenvalue weighted by molar-refractivity contribution is 14.0. The first-order chi connectivity index (χ1) is 12.4. The normalized spacial score (nSPS) is 16.5. The second-order valence-electron chi connectivity index (χ2n) is 6.14. The maximum Gasteiger partial charge on any atom is 0.229 e. The Morgan fingerprint density at radius 2 is 1.93 bits per heavy atom. The number of hydrogen-bond acceptors (Lipinski definition) is 4. The smallest absolute Gasteiger partial charge is 0.229 e. The molecule has 0 radical (unpaired) electrons. The molecule has 1 aliphatic heterocycles. The second kappa shape index (κ2) is 9.27. The summed E-state index contributed by atoms with van der Waals surface area (Å²) in [6, 6.07) is 15.0. The van der Waals surface area contributed by atoms with Crippen molar-refractivity contribution in [2.75, 3.05) is 17.6 Å². The molecular formula is C18H23IN4O3S. The topological polar surface area (TPSA) is 106 Å². The number of aliphatic imine (C=N–C) groups is 1. The lowest BCUT2D eigenvalue weighted by atomic mass is 10.0. The van der Waals surface area contributed by atoms with E-state index >= 15 is 0 Å². The lowest BCUT2D eigenvalue weighted by Crippen LogP contribution is -2.37. The molecule has 2 aromatic carbocycles. The third kappa shape index (κ3) is 6.28. The minimum Gasteiger partial charge on any atom is -0.493 e. The largest absolute Gasteiger partial charge is 0.493 e. The van der Waals surface area contributed by atoms with Gasteiger partial charge in [0.15, 0.2) is 5.96 Å². The molecular weight excluding hydrogens is 479 g/mol. The molecule has 9 heteroatoms. The predicted molar refractivity (Wildman–Crippen MR) is 118 cm³/mol. The van der Waals surface area contributed by atoms with Gasteiger partial charge in [0, 0.05) is 17.7 Å². The molecule has 0 bridgehead atoms. The van der Waals surface area contributed by atoms with Crippen LogP contribution in [0.1, 0.15) is 23.6 Å². The number of nitrogens with two attached hydrogens (primary N) is 1. The number of nitrogens with one attached hydrogen (secondary N) is 2. The van der Waals surface area contributed by atoms with E-state index < -0.39 is 10.0 Å². The Morgan fingerprint density at radius 3 is 2.63 bits per heavy atom. The summed E-state index contributed by atoms with van der Waals surface area (Å²) < 4.78 is 30.5. The number of nitrogens with zero attached hydrogens (tertiary/aromatic N) is 1. The number of rotatable bonds is 5. The predicted octanol–water partition coefficient (Wildman–Crippen LogP) is 2.60. The van der Waals surface area contributed by atoms with Crippen LogP contribution in [0, 0.1) is 0 Å². The number of benzene rings is 2. The molecule has 27 heavy (non-hydrogen) atoms. The highest BCUT2D eigenvalue weighted by Crippen LogP contribution is 2.31. The molecule has 0 aromatic heterocycles. The molecule has 1 heterocycles. The van der Waals surface area contributed by atoms with Gasteiger partial charge in [-0.1, -0.05) is 30.3 Å². The van der Waals surface area contributed by atoms with Crippen LogP contribution in [0.4, 0.5) is 5.69 Å². The van der Waals surface area contributed by atoms with E-state index in [2.05, 4.69) is 15.0 Å². The molecule has 0 fully saturated rings. The molecule has 1 atom stereocenters. The number of hydrogen-bond donors (Lipinski definition) is 3. The number of ether oxygens (including phenoxy) is 1. The van der Waals surface area contributed by atoms with Crippen molar-refractivity contribution in [1.82, 2.24) is 5.32 Å². The van der Waals surface area contributed by atoms with Crippen LogP contribution in [0.25, 0.3) is 0 Å². The lowest BCUT2D eigenvalue weighted by molar-refractivity contribution is 0.262. The molecule has 146 valence electrons. The van der Waals surface area contributed by atoms with E-state index in [4.69, 9.17) is 10.5 Å². The number of para-hydroxylation sites is 1. The van der Waals surface area contributed by atoms with Crippen molar-refractivity contribution in [3.8, 4) is 5.75 Å². The fraction of sp³-hybridized carbons (Fsp3) is 0.278. The first kappa shape index (κ1) is 21.3. The van der Waals surface area contributed by atoms with E-state index in [1.165, 1.54) is 0 Å². The SMILES string of the molecule is CS(=O)(=O)Nc1ccc(CN=C(N)NC2CCOc3ccccc32)cc1.I. The van der Waals surface area contributed by atoms with Crippen molar-refractivity contribution < 1.29 is 13.2 Å². The number of guanidine groups is 1. The molecule has 2 aromatic rings. The fourth-order valence-corrected chi connectivity index (χ4v) is 3.35. The van der Waals surface area contributed by atoms with Gasteiger partial charge in [0.2, 0.25) is 10.0 Å². The Hall–Kier alpha value is -2.01. The molecule has 0 amide bonds. The Labute approximate surface area is 176 Å². The van der Waals surface area contributed by atoms with Crippen LogP contribution in [-0.4, -0.2) is 27.2 Å². The Bertz CT molecular complexity index is 901. The third-order valence-corrected chi connectivity index (χ3v) is 4.58. The van der Waals surface area contributed by atoms with E-state index in [1.54, 1.807) is 12.1 Å². The number of anilines is 1. The standard InChI is InChI=1S/C18H22N4O3S.HI/c1-26(23,24)22-14-8-6-13(7-9-14)12-20-18(19)21-16-10-11-25-17-5-3-2-4-15(16)17;/h2-9,16,22H,10-12H2,1H3,(H3,19,20,21);1H. The Balaban J connectivity index is 0.00000261. The van der Waals surface area contributed by atoms with Crippen LogP contribution in [0.2, 0.25) is 0 Å². The molecule has 0 spiro atoms. The average molecular weight is 502 g/mol. The Morgan fingerprint density at radius 1 is 1.22 bits per heavy atom. The zero-order valence-corrected chi connectivity index (χ0v) is 18.0. The van der Waals surface area contributed by atoms with Crippen LogP contribution in [0.15, 0.2) is 53.5 Å². The summed E-state index contributed by atoms with van der Waals surface area (Å²) in [6.45, 7) is 1.04. The van der Waals surface area contributed by atoms with E-state index in [0.717, 1.165) is 29.6 Å². The van der Waals surface area contributed by atoms with Gasteiger partial charge >= 0.3 is 0 Å². The van der Waals surface area contributed by atoms with Gasteiger partial charge in [-0.25, -0.2) is 13.4 Å². The molecule has 7 nitrogen and oxygen atoms in total. The summed E-state index contributed by atoms with van der Waals surface area (Å²) in [7, 11) is -3.27. The third-order valence-electron chi connectivity index (χ3n) is 3.97. The van der Waals surface area contributed by atoms with E-state index in [-0.39, 0.29) is 30.0 Å². The van der Waals surface area contributed by atoms with Gasteiger partial charge in [-0.2, -0.15) is 0 Å². The van der Waals surface area contributed by atoms with Gasteiger partial charge in [0.25, 0.3) is 0 Å². The zero-order valence-electron chi connectivity index (χ0n) is 14.9. The molecule has 1 aliphatic rings. The van der Waals surface area contributed by atoms with Crippen LogP contribution >= 0.6 is 24.0 Å². The highest BCUT2D eigenvalue weighted by atomic mass is 127. The molecule has 0 aliphatic carbocycles. The number of sulfonamides is 1. The monoisotopic (exact) mass is 502 g/mol. The van der Waals surface area contributed by atoms with Gasteiger partial charge in [-0.15, -0.1) is 24.0 Å². The van der Waals surface area contributed by atoms with Crippen molar-refractivity contribution in [2.24, 2.45) is 10.7 Å². The van der Waals surface area contributed by atoms with Gasteiger partial charge in [-0.05, 0) is 23.8 Å². The van der Waals surface area contributed by atoms with Crippen LogP contribution < -0.4 is 20.5 Å². The fourth-order valence-electron chi connectivity index (χ4n) is 2.78. The van der Waals surface area contributed by atoms with E-state index in [9.17, 15) is 8.42 Å². The second-order valence-corrected chi connectivity index (χ2v) is 7.89. The average Bonchev–Trinajstić information content (AvgIpc) is 2.60. The van der Waals surface area contributed by atoms with Crippen molar-refractivity contribution in [1.29, 1.82) is 0 Å². The van der Waals surface area contributed by atoms with E-state index in [0.29, 0.717) is 24.8 Å². The van der Waals surface area contributed by atoms with Crippen molar-refractivity contribution in [2.45, 2.75) is 19.0 Å². The summed E-state index contributed by atoms with van der Waals surface area (Å²) in [4.78, 5) is 4.37. The molecule has 3 rings (SSSR count). The highest BCUT2D eigenvalue weighted by Gasteiger charge is 2.21. The molecule has 4 N–H and O–H groups in total. The first-order valence-electron chi connectivity index (χ1n) is 8.25. The summed E-state index contributed by atoms with van der Waals surface area (Å²) in [5, 5.41) is 3.24. The van der Waals surface area contributed by atoms with Crippen LogP contribution in [-0.2, 0) is 16.6 Å². The van der Waals surface area contributed by atoms with Gasteiger partial charge in [0.05, 0.1) is 25.4 Å². The van der Waals surface area contributed by atoms with Crippen molar-refractivity contribution >= 4 is 45.6 Å². The van der Waals surface area contributed by atoms with E-state index in [1.807, 2.05) is 36.4 Å². The summed E-state index contributed by atoms with van der Waals surface area (Å²) in [6.07, 6.45) is 1.94. The summed E-state index contributed by atoms with van der Waals surface area (Å²) in [5.74, 6) is 1.24. The quantitative estimate of drug-likeness (QED) is 0.331.